The summed E-state index contributed by atoms with van der Waals surface area (Å²) in [6, 6.07) is 11.0. The zero-order valence-electron chi connectivity index (χ0n) is 14.8. The molecular weight excluding hydrogens is 346 g/mol. The molecule has 2 aromatic carbocycles. The minimum Gasteiger partial charge on any atom is -0.478 e. The fourth-order valence-corrected chi connectivity index (χ4v) is 3.64. The molecule has 2 N–H and O–H groups in total. The predicted molar refractivity (Wildman–Crippen MR) is 106 cm³/mol. The highest BCUT2D eigenvalue weighted by molar-refractivity contribution is 7.14. The van der Waals surface area contributed by atoms with E-state index in [1.54, 1.807) is 24.3 Å². The van der Waals surface area contributed by atoms with Crippen LogP contribution in [-0.4, -0.2) is 22.3 Å². The second kappa shape index (κ2) is 7.49. The second-order valence-electron chi connectivity index (χ2n) is 6.07. The number of carboxylic acid groups (broad SMARTS) is 1. The summed E-state index contributed by atoms with van der Waals surface area (Å²) in [6.07, 6.45) is 1.49. The molecule has 132 valence electrons. The lowest BCUT2D eigenvalue weighted by molar-refractivity contribution is 0.0697. The summed E-state index contributed by atoms with van der Waals surface area (Å²) >= 11 is 1.46. The van der Waals surface area contributed by atoms with Crippen molar-refractivity contribution in [2.75, 3.05) is 5.43 Å². The van der Waals surface area contributed by atoms with Crippen molar-refractivity contribution in [3.05, 3.63) is 69.6 Å². The molecule has 1 aromatic heterocycles. The maximum Gasteiger partial charge on any atom is 0.336 e. The molecule has 0 aliphatic carbocycles. The van der Waals surface area contributed by atoms with Gasteiger partial charge in [0.1, 0.15) is 0 Å². The van der Waals surface area contributed by atoms with E-state index in [0.29, 0.717) is 10.7 Å². The Balaban J connectivity index is 1.79. The Hall–Kier alpha value is -2.99. The molecule has 26 heavy (non-hydrogen) atoms. The number of carboxylic acids is 1. The number of thiazole rings is 1. The molecule has 0 radical (unpaired) electrons. The third-order valence-corrected chi connectivity index (χ3v) is 4.74. The van der Waals surface area contributed by atoms with E-state index in [0.717, 1.165) is 11.3 Å². The second-order valence-corrected chi connectivity index (χ2v) is 6.93. The van der Waals surface area contributed by atoms with E-state index in [-0.39, 0.29) is 5.56 Å². The molecule has 0 spiro atoms. The molecule has 3 rings (SSSR count). The van der Waals surface area contributed by atoms with Crippen molar-refractivity contribution in [3.8, 4) is 11.3 Å². The van der Waals surface area contributed by atoms with Crippen molar-refractivity contribution in [1.82, 2.24) is 4.98 Å². The first-order valence-corrected chi connectivity index (χ1v) is 8.99. The van der Waals surface area contributed by atoms with Crippen LogP contribution < -0.4 is 5.43 Å². The number of anilines is 1. The average molecular weight is 365 g/mol. The van der Waals surface area contributed by atoms with Gasteiger partial charge in [-0.3, -0.25) is 5.43 Å². The number of hydrogen-bond acceptors (Lipinski definition) is 5. The standard InChI is InChI=1S/C20H19N3O2S/c1-12-8-13(2)18(14(3)9-12)17-11-26-20(22-17)23-21-10-15-6-4-5-7-16(15)19(24)25/h4-11H,1-3H3,(H,22,23)(H,24,25)/b21-10-. The molecule has 0 fully saturated rings. The molecule has 0 unspecified atom stereocenters. The zero-order chi connectivity index (χ0) is 18.7. The molecule has 0 amide bonds. The summed E-state index contributed by atoms with van der Waals surface area (Å²) in [5.74, 6) is -0.978. The summed E-state index contributed by atoms with van der Waals surface area (Å²) in [6.45, 7) is 6.26. The summed E-state index contributed by atoms with van der Waals surface area (Å²) in [7, 11) is 0. The lowest BCUT2D eigenvalue weighted by atomic mass is 9.98. The van der Waals surface area contributed by atoms with E-state index < -0.39 is 5.97 Å². The van der Waals surface area contributed by atoms with Gasteiger partial charge in [0.2, 0.25) is 5.13 Å². The number of aryl methyl sites for hydroxylation is 3. The maximum absolute atomic E-state index is 11.2. The van der Waals surface area contributed by atoms with Crippen LogP contribution in [0.4, 0.5) is 5.13 Å². The van der Waals surface area contributed by atoms with Crippen molar-refractivity contribution in [2.45, 2.75) is 20.8 Å². The Bertz CT molecular complexity index is 969. The molecular formula is C20H19N3O2S. The minimum atomic E-state index is -0.978. The highest BCUT2D eigenvalue weighted by Gasteiger charge is 2.11. The van der Waals surface area contributed by atoms with Gasteiger partial charge in [0.25, 0.3) is 0 Å². The lowest BCUT2D eigenvalue weighted by Gasteiger charge is -2.08. The van der Waals surface area contributed by atoms with Gasteiger partial charge in [-0.05, 0) is 38.0 Å². The van der Waals surface area contributed by atoms with Gasteiger partial charge in [0.05, 0.1) is 17.5 Å². The number of hydrazone groups is 1. The number of hydrogen-bond donors (Lipinski definition) is 2. The number of rotatable bonds is 5. The van der Waals surface area contributed by atoms with Crippen molar-refractivity contribution in [3.63, 3.8) is 0 Å². The number of aromatic nitrogens is 1. The zero-order valence-corrected chi connectivity index (χ0v) is 15.6. The van der Waals surface area contributed by atoms with Gasteiger partial charge < -0.3 is 5.11 Å². The highest BCUT2D eigenvalue weighted by Crippen LogP contribution is 2.31. The first-order valence-electron chi connectivity index (χ1n) is 8.11. The monoisotopic (exact) mass is 365 g/mol. The maximum atomic E-state index is 11.2. The van der Waals surface area contributed by atoms with Gasteiger partial charge in [0.15, 0.2) is 0 Å². The molecule has 0 bridgehead atoms. The van der Waals surface area contributed by atoms with E-state index in [9.17, 15) is 9.90 Å². The van der Waals surface area contributed by atoms with Crippen LogP contribution in [0.2, 0.25) is 0 Å². The normalized spacial score (nSPS) is 11.0. The number of aromatic carboxylic acids is 1. The van der Waals surface area contributed by atoms with E-state index in [1.165, 1.54) is 34.2 Å². The van der Waals surface area contributed by atoms with Crippen LogP contribution in [0.15, 0.2) is 46.9 Å². The number of benzene rings is 2. The Morgan fingerprint density at radius 1 is 1.19 bits per heavy atom. The summed E-state index contributed by atoms with van der Waals surface area (Å²) < 4.78 is 0. The first-order chi connectivity index (χ1) is 12.5. The highest BCUT2D eigenvalue weighted by atomic mass is 32.1. The molecule has 0 aliphatic heterocycles. The topological polar surface area (TPSA) is 74.6 Å². The van der Waals surface area contributed by atoms with Gasteiger partial charge >= 0.3 is 5.97 Å². The van der Waals surface area contributed by atoms with Crippen LogP contribution in [0.5, 0.6) is 0 Å². The Morgan fingerprint density at radius 2 is 1.88 bits per heavy atom. The van der Waals surface area contributed by atoms with Crippen molar-refractivity contribution in [1.29, 1.82) is 0 Å². The van der Waals surface area contributed by atoms with Crippen molar-refractivity contribution in [2.24, 2.45) is 5.10 Å². The van der Waals surface area contributed by atoms with Crippen LogP contribution >= 0.6 is 11.3 Å². The third kappa shape index (κ3) is 3.81. The Morgan fingerprint density at radius 3 is 2.58 bits per heavy atom. The van der Waals surface area contributed by atoms with Gasteiger partial charge in [-0.15, -0.1) is 11.3 Å². The van der Waals surface area contributed by atoms with Gasteiger partial charge in [-0.1, -0.05) is 35.9 Å². The van der Waals surface area contributed by atoms with Crippen LogP contribution in [0.3, 0.4) is 0 Å². The summed E-state index contributed by atoms with van der Waals surface area (Å²) in [5.41, 5.74) is 9.30. The van der Waals surface area contributed by atoms with Crippen LogP contribution in [0.1, 0.15) is 32.6 Å². The van der Waals surface area contributed by atoms with Crippen molar-refractivity contribution >= 4 is 28.7 Å². The molecule has 0 saturated heterocycles. The van der Waals surface area contributed by atoms with E-state index in [2.05, 4.69) is 48.4 Å². The fourth-order valence-electron chi connectivity index (χ4n) is 2.99. The van der Waals surface area contributed by atoms with E-state index >= 15 is 0 Å². The molecule has 3 aromatic rings. The molecule has 0 atom stereocenters. The van der Waals surface area contributed by atoms with E-state index in [4.69, 9.17) is 0 Å². The third-order valence-electron chi connectivity index (χ3n) is 3.99. The Labute approximate surface area is 156 Å². The summed E-state index contributed by atoms with van der Waals surface area (Å²) in [4.78, 5) is 15.8. The molecule has 5 nitrogen and oxygen atoms in total. The van der Waals surface area contributed by atoms with Gasteiger partial charge in [-0.25, -0.2) is 9.78 Å². The molecule has 0 aliphatic rings. The van der Waals surface area contributed by atoms with Gasteiger partial charge in [0, 0.05) is 16.5 Å². The molecule has 6 heteroatoms. The SMILES string of the molecule is Cc1cc(C)c(-c2csc(N/N=C\c3ccccc3C(=O)O)n2)c(C)c1. The van der Waals surface area contributed by atoms with Crippen LogP contribution in [-0.2, 0) is 0 Å². The lowest BCUT2D eigenvalue weighted by Crippen LogP contribution is -2.02. The van der Waals surface area contributed by atoms with Gasteiger partial charge in [-0.2, -0.15) is 5.10 Å². The average Bonchev–Trinajstić information content (AvgIpc) is 3.02. The molecule has 1 heterocycles. The predicted octanol–water partition coefficient (Wildman–Crippen LogP) is 4.88. The van der Waals surface area contributed by atoms with E-state index in [1.807, 2.05) is 5.38 Å². The number of nitrogens with zero attached hydrogens (tertiary/aromatic N) is 2. The smallest absolute Gasteiger partial charge is 0.336 e. The minimum absolute atomic E-state index is 0.212. The molecule has 0 saturated carbocycles. The summed E-state index contributed by atoms with van der Waals surface area (Å²) in [5, 5.41) is 16.0. The number of nitrogens with one attached hydrogen (secondary N) is 1. The van der Waals surface area contributed by atoms with Crippen LogP contribution in [0, 0.1) is 20.8 Å². The first kappa shape index (κ1) is 17.8. The van der Waals surface area contributed by atoms with Crippen molar-refractivity contribution < 1.29 is 9.90 Å². The Kier molecular flexibility index (Phi) is 5.14. The van der Waals surface area contributed by atoms with Crippen LogP contribution in [0.25, 0.3) is 11.3 Å². The quantitative estimate of drug-likeness (QED) is 0.499. The number of carbonyl (C=O) groups is 1. The fraction of sp³-hybridized carbons (Fsp3) is 0.150. The largest absolute Gasteiger partial charge is 0.478 e.